The van der Waals surface area contributed by atoms with Gasteiger partial charge >= 0.3 is 0 Å². The Balaban J connectivity index is 2.40. The summed E-state index contributed by atoms with van der Waals surface area (Å²) in [6.45, 7) is 8.74. The first-order valence-electron chi connectivity index (χ1n) is 4.43. The highest BCUT2D eigenvalue weighted by molar-refractivity contribution is 4.79. The first-order chi connectivity index (χ1) is 4.64. The quantitative estimate of drug-likeness (QED) is 0.522. The molecule has 0 aromatic rings. The summed E-state index contributed by atoms with van der Waals surface area (Å²) in [7, 11) is 0. The minimum absolute atomic E-state index is 0.612. The highest BCUT2D eigenvalue weighted by Crippen LogP contribution is 2.39. The van der Waals surface area contributed by atoms with E-state index >= 15 is 0 Å². The van der Waals surface area contributed by atoms with E-state index in [2.05, 4.69) is 20.8 Å². The molecule has 0 heterocycles. The van der Waals surface area contributed by atoms with Gasteiger partial charge in [-0.1, -0.05) is 40.0 Å². The Bertz CT molecular complexity index is 103. The van der Waals surface area contributed by atoms with Gasteiger partial charge in [-0.15, -0.1) is 0 Å². The van der Waals surface area contributed by atoms with Crippen LogP contribution in [0.3, 0.4) is 0 Å². The molecule has 0 bridgehead atoms. The zero-order valence-corrected chi connectivity index (χ0v) is 7.32. The fourth-order valence-electron chi connectivity index (χ4n) is 2.10. The smallest absolute Gasteiger partial charge is 0.0352 e. The molecule has 0 spiro atoms. The zero-order valence-electron chi connectivity index (χ0n) is 7.32. The van der Waals surface area contributed by atoms with Crippen LogP contribution >= 0.6 is 0 Å². The van der Waals surface area contributed by atoms with Crippen molar-refractivity contribution in [2.75, 3.05) is 0 Å². The minimum atomic E-state index is 0.612. The molecule has 0 aromatic carbocycles. The van der Waals surface area contributed by atoms with Gasteiger partial charge < -0.3 is 0 Å². The molecule has 1 atom stereocenters. The molecule has 1 radical (unpaired) electrons. The van der Waals surface area contributed by atoms with Gasteiger partial charge in [0.05, 0.1) is 0 Å². The normalized spacial score (nSPS) is 32.1. The fourth-order valence-corrected chi connectivity index (χ4v) is 2.10. The molecule has 1 aliphatic rings. The van der Waals surface area contributed by atoms with E-state index in [-0.39, 0.29) is 0 Å². The summed E-state index contributed by atoms with van der Waals surface area (Å²) in [6, 6.07) is 0. The lowest BCUT2D eigenvalue weighted by Gasteiger charge is -2.34. The van der Waals surface area contributed by atoms with Gasteiger partial charge in [-0.2, -0.15) is 0 Å². The molecule has 59 valence electrons. The highest BCUT2D eigenvalue weighted by Gasteiger charge is 2.26. The van der Waals surface area contributed by atoms with Gasteiger partial charge in [0.1, 0.15) is 0 Å². The van der Waals surface area contributed by atoms with Crippen LogP contribution in [0, 0.1) is 18.3 Å². The van der Waals surface area contributed by atoms with E-state index in [0.29, 0.717) is 5.41 Å². The molecule has 0 aliphatic heterocycles. The van der Waals surface area contributed by atoms with Gasteiger partial charge in [-0.05, 0) is 24.2 Å². The second-order valence-corrected chi connectivity index (χ2v) is 4.42. The Hall–Kier alpha value is 0. The molecule has 0 nitrogen and oxygen atoms in total. The molecular weight excluding hydrogens is 120 g/mol. The van der Waals surface area contributed by atoms with Crippen molar-refractivity contribution in [2.45, 2.75) is 46.0 Å². The van der Waals surface area contributed by atoms with Crippen molar-refractivity contribution in [3.8, 4) is 0 Å². The van der Waals surface area contributed by atoms with E-state index in [1.165, 1.54) is 25.7 Å². The molecule has 0 N–H and O–H groups in total. The Kier molecular flexibility index (Phi) is 2.38. The van der Waals surface area contributed by atoms with Crippen LogP contribution in [0.1, 0.15) is 46.0 Å². The van der Waals surface area contributed by atoms with Crippen LogP contribution in [0.2, 0.25) is 0 Å². The second-order valence-electron chi connectivity index (χ2n) is 4.42. The van der Waals surface area contributed by atoms with Crippen LogP contribution in [0.25, 0.3) is 0 Å². The van der Waals surface area contributed by atoms with Crippen LogP contribution in [0.4, 0.5) is 0 Å². The highest BCUT2D eigenvalue weighted by atomic mass is 14.3. The lowest BCUT2D eigenvalue weighted by Crippen LogP contribution is -2.21. The molecule has 0 amide bonds. The summed E-state index contributed by atoms with van der Waals surface area (Å²) in [4.78, 5) is 0. The lowest BCUT2D eigenvalue weighted by atomic mass is 9.71. The Labute approximate surface area is 65.0 Å². The summed E-state index contributed by atoms with van der Waals surface area (Å²) in [6.07, 6.45) is 6.81. The Morgan fingerprint density at radius 1 is 1.50 bits per heavy atom. The van der Waals surface area contributed by atoms with Crippen LogP contribution in [-0.2, 0) is 0 Å². The summed E-state index contributed by atoms with van der Waals surface area (Å²) in [5, 5.41) is 0. The number of rotatable bonds is 1. The molecular formula is C10H19. The molecule has 0 unspecified atom stereocenters. The van der Waals surface area contributed by atoms with Gasteiger partial charge in [-0.25, -0.2) is 0 Å². The van der Waals surface area contributed by atoms with E-state index in [9.17, 15) is 0 Å². The van der Waals surface area contributed by atoms with Crippen LogP contribution in [-0.4, -0.2) is 0 Å². The van der Waals surface area contributed by atoms with E-state index < -0.39 is 0 Å². The number of hydrogen-bond acceptors (Lipinski definition) is 0. The van der Waals surface area contributed by atoms with Crippen molar-refractivity contribution in [3.05, 3.63) is 6.92 Å². The molecule has 1 aliphatic carbocycles. The number of hydrogen-bond donors (Lipinski definition) is 0. The van der Waals surface area contributed by atoms with Gasteiger partial charge in [0, 0.05) is 0 Å². The third kappa shape index (κ3) is 2.00. The van der Waals surface area contributed by atoms with Crippen LogP contribution < -0.4 is 0 Å². The molecule has 10 heavy (non-hydrogen) atoms. The molecule has 1 saturated carbocycles. The SMILES string of the molecule is [CH2]C[C@H]1CCCC(C)(C)C1. The average molecular weight is 139 g/mol. The van der Waals surface area contributed by atoms with E-state index in [0.717, 1.165) is 12.3 Å². The van der Waals surface area contributed by atoms with Crippen LogP contribution in [0.5, 0.6) is 0 Å². The third-order valence-corrected chi connectivity index (χ3v) is 2.72. The van der Waals surface area contributed by atoms with Crippen molar-refractivity contribution >= 4 is 0 Å². The third-order valence-electron chi connectivity index (χ3n) is 2.72. The standard InChI is InChI=1S/C10H19/c1-4-9-6-5-7-10(2,3)8-9/h9H,1,4-8H2,2-3H3/t9-/m0/s1. The summed E-state index contributed by atoms with van der Waals surface area (Å²) >= 11 is 0. The predicted molar refractivity (Wildman–Crippen MR) is 45.7 cm³/mol. The Morgan fingerprint density at radius 3 is 2.60 bits per heavy atom. The Morgan fingerprint density at radius 2 is 2.20 bits per heavy atom. The van der Waals surface area contributed by atoms with Gasteiger partial charge in [0.25, 0.3) is 0 Å². The maximum absolute atomic E-state index is 3.97. The molecule has 0 aromatic heterocycles. The van der Waals surface area contributed by atoms with Gasteiger partial charge in [0.2, 0.25) is 0 Å². The van der Waals surface area contributed by atoms with Crippen molar-refractivity contribution in [1.29, 1.82) is 0 Å². The largest absolute Gasteiger partial charge is 0.0599 e. The second kappa shape index (κ2) is 2.94. The minimum Gasteiger partial charge on any atom is -0.0599 e. The monoisotopic (exact) mass is 139 g/mol. The predicted octanol–water partition coefficient (Wildman–Crippen LogP) is 3.43. The van der Waals surface area contributed by atoms with Gasteiger partial charge in [0.15, 0.2) is 0 Å². The molecule has 1 fully saturated rings. The van der Waals surface area contributed by atoms with E-state index in [1.807, 2.05) is 0 Å². The molecule has 1 rings (SSSR count). The summed E-state index contributed by atoms with van der Waals surface area (Å²) in [5.74, 6) is 0.920. The van der Waals surface area contributed by atoms with Crippen molar-refractivity contribution in [3.63, 3.8) is 0 Å². The summed E-state index contributed by atoms with van der Waals surface area (Å²) in [5.41, 5.74) is 0.612. The van der Waals surface area contributed by atoms with Gasteiger partial charge in [-0.3, -0.25) is 0 Å². The van der Waals surface area contributed by atoms with E-state index in [1.54, 1.807) is 0 Å². The maximum Gasteiger partial charge on any atom is -0.0352 e. The average Bonchev–Trinajstić information content (AvgIpc) is 1.86. The van der Waals surface area contributed by atoms with Crippen molar-refractivity contribution < 1.29 is 0 Å². The first-order valence-corrected chi connectivity index (χ1v) is 4.43. The molecule has 0 saturated heterocycles. The fraction of sp³-hybridized carbons (Fsp3) is 0.900. The first kappa shape index (κ1) is 8.10. The lowest BCUT2D eigenvalue weighted by molar-refractivity contribution is 0.181. The van der Waals surface area contributed by atoms with Crippen molar-refractivity contribution in [2.24, 2.45) is 11.3 Å². The summed E-state index contributed by atoms with van der Waals surface area (Å²) < 4.78 is 0. The maximum atomic E-state index is 3.97. The van der Waals surface area contributed by atoms with Crippen molar-refractivity contribution in [1.82, 2.24) is 0 Å². The van der Waals surface area contributed by atoms with Crippen LogP contribution in [0.15, 0.2) is 0 Å². The molecule has 0 heteroatoms. The zero-order chi connectivity index (χ0) is 7.61. The van der Waals surface area contributed by atoms with E-state index in [4.69, 9.17) is 0 Å². The topological polar surface area (TPSA) is 0 Å².